The highest BCUT2D eigenvalue weighted by Crippen LogP contribution is 2.26. The van der Waals surface area contributed by atoms with Crippen LogP contribution >= 0.6 is 11.8 Å². The maximum atomic E-state index is 13.9. The lowest BCUT2D eigenvalue weighted by atomic mass is 10.1. The monoisotopic (exact) mass is 480 g/mol. The van der Waals surface area contributed by atoms with E-state index in [4.69, 9.17) is 0 Å². The van der Waals surface area contributed by atoms with E-state index in [1.54, 1.807) is 18.2 Å². The Morgan fingerprint density at radius 3 is 2.33 bits per heavy atom. The Balaban J connectivity index is 1.64. The van der Waals surface area contributed by atoms with E-state index in [0.29, 0.717) is 5.69 Å². The van der Waals surface area contributed by atoms with Crippen molar-refractivity contribution in [2.45, 2.75) is 9.79 Å². The number of benzene rings is 4. The molecule has 5 nitrogen and oxygen atoms in total. The van der Waals surface area contributed by atoms with E-state index < -0.39 is 28.3 Å². The molecule has 4 aromatic carbocycles. The van der Waals surface area contributed by atoms with Gasteiger partial charge in [0.2, 0.25) is 5.91 Å². The highest BCUT2D eigenvalue weighted by atomic mass is 32.2. The van der Waals surface area contributed by atoms with Crippen LogP contribution in [0.2, 0.25) is 0 Å². The average molecular weight is 481 g/mol. The van der Waals surface area contributed by atoms with Crippen LogP contribution in [0.25, 0.3) is 10.8 Å². The van der Waals surface area contributed by atoms with Crippen LogP contribution in [0.1, 0.15) is 0 Å². The third-order valence-electron chi connectivity index (χ3n) is 5.06. The molecule has 0 atom stereocenters. The first-order chi connectivity index (χ1) is 15.9. The van der Waals surface area contributed by atoms with Crippen LogP contribution in [0, 0.1) is 5.82 Å². The predicted octanol–water partition coefficient (Wildman–Crippen LogP) is 5.53. The van der Waals surface area contributed by atoms with Crippen molar-refractivity contribution in [3.05, 3.63) is 96.8 Å². The van der Waals surface area contributed by atoms with Crippen molar-refractivity contribution in [2.75, 3.05) is 22.4 Å². The smallest absolute Gasteiger partial charge is 0.264 e. The molecule has 0 saturated heterocycles. The quantitative estimate of drug-likeness (QED) is 0.353. The van der Waals surface area contributed by atoms with Crippen molar-refractivity contribution in [1.29, 1.82) is 0 Å². The van der Waals surface area contributed by atoms with Crippen molar-refractivity contribution in [1.82, 2.24) is 0 Å². The van der Waals surface area contributed by atoms with Gasteiger partial charge in [-0.25, -0.2) is 12.8 Å². The summed E-state index contributed by atoms with van der Waals surface area (Å²) in [6, 6.07) is 24.7. The van der Waals surface area contributed by atoms with Gasteiger partial charge >= 0.3 is 0 Å². The number of sulfonamides is 1. The number of carbonyl (C=O) groups excluding carboxylic acids is 1. The van der Waals surface area contributed by atoms with Crippen LogP contribution in [0.4, 0.5) is 15.8 Å². The molecule has 1 amide bonds. The maximum Gasteiger partial charge on any atom is 0.264 e. The fourth-order valence-corrected chi connectivity index (χ4v) is 5.24. The molecule has 0 radical (unpaired) electrons. The number of amides is 1. The third-order valence-corrected chi connectivity index (χ3v) is 7.60. The van der Waals surface area contributed by atoms with E-state index in [1.165, 1.54) is 42.1 Å². The second kappa shape index (κ2) is 9.64. The molecular weight excluding hydrogens is 459 g/mol. The van der Waals surface area contributed by atoms with Crippen molar-refractivity contribution in [2.24, 2.45) is 0 Å². The minimum absolute atomic E-state index is 0.0167. The summed E-state index contributed by atoms with van der Waals surface area (Å²) in [4.78, 5) is 13.8. The standard InChI is InChI=1S/C25H21FN2O3S2/c1-32-23-11-13-24(14-12-23)33(30,31)28(22-8-4-7-20(26)16-22)17-25(29)27-21-10-9-18-5-2-3-6-19(18)15-21/h2-16H,17H2,1H3,(H,27,29). The van der Waals surface area contributed by atoms with E-state index in [-0.39, 0.29) is 10.6 Å². The molecule has 8 heteroatoms. The molecule has 168 valence electrons. The van der Waals surface area contributed by atoms with Gasteiger partial charge < -0.3 is 5.32 Å². The zero-order valence-electron chi connectivity index (χ0n) is 17.7. The van der Waals surface area contributed by atoms with Crippen LogP contribution in [-0.2, 0) is 14.8 Å². The number of nitrogens with zero attached hydrogens (tertiary/aromatic N) is 1. The summed E-state index contributed by atoms with van der Waals surface area (Å²) < 4.78 is 41.7. The van der Waals surface area contributed by atoms with Gasteiger partial charge in [-0.2, -0.15) is 0 Å². The Morgan fingerprint density at radius 1 is 0.909 bits per heavy atom. The molecule has 0 spiro atoms. The Labute approximate surface area is 196 Å². The van der Waals surface area contributed by atoms with Crippen molar-refractivity contribution < 1.29 is 17.6 Å². The number of anilines is 2. The Kier molecular flexibility index (Phi) is 6.67. The van der Waals surface area contributed by atoms with Crippen molar-refractivity contribution >= 4 is 49.8 Å². The topological polar surface area (TPSA) is 66.5 Å². The number of halogens is 1. The second-order valence-corrected chi connectivity index (χ2v) is 10.0. The van der Waals surface area contributed by atoms with Gasteiger partial charge in [-0.3, -0.25) is 9.10 Å². The molecule has 0 saturated carbocycles. The molecule has 0 aliphatic carbocycles. The van der Waals surface area contributed by atoms with Gasteiger partial charge in [-0.15, -0.1) is 11.8 Å². The lowest BCUT2D eigenvalue weighted by Crippen LogP contribution is -2.38. The van der Waals surface area contributed by atoms with Crippen LogP contribution < -0.4 is 9.62 Å². The number of hydrogen-bond acceptors (Lipinski definition) is 4. The first-order valence-electron chi connectivity index (χ1n) is 10.1. The third kappa shape index (κ3) is 5.18. The molecule has 0 heterocycles. The number of nitrogens with one attached hydrogen (secondary N) is 1. The summed E-state index contributed by atoms with van der Waals surface area (Å²) in [6.07, 6.45) is 1.89. The second-order valence-electron chi connectivity index (χ2n) is 7.28. The van der Waals surface area contributed by atoms with Crippen LogP contribution in [0.3, 0.4) is 0 Å². The molecule has 4 rings (SSSR count). The van der Waals surface area contributed by atoms with Gasteiger partial charge in [0.25, 0.3) is 10.0 Å². The summed E-state index contributed by atoms with van der Waals surface area (Å²) in [5.74, 6) is -1.14. The number of carbonyl (C=O) groups is 1. The van der Waals surface area contributed by atoms with E-state index in [2.05, 4.69) is 5.32 Å². The summed E-state index contributed by atoms with van der Waals surface area (Å²) in [5.41, 5.74) is 0.609. The highest BCUT2D eigenvalue weighted by molar-refractivity contribution is 7.98. The van der Waals surface area contributed by atoms with Gasteiger partial charge in [0, 0.05) is 10.6 Å². The minimum atomic E-state index is -4.12. The fourth-order valence-electron chi connectivity index (χ4n) is 3.42. The molecular formula is C25H21FN2O3S2. The number of fused-ring (bicyclic) bond motifs is 1. The van der Waals surface area contributed by atoms with Crippen molar-refractivity contribution in [3.63, 3.8) is 0 Å². The van der Waals surface area contributed by atoms with Crippen molar-refractivity contribution in [3.8, 4) is 0 Å². The zero-order valence-corrected chi connectivity index (χ0v) is 19.4. The van der Waals surface area contributed by atoms with Crippen LogP contribution in [-0.4, -0.2) is 27.1 Å². The van der Waals surface area contributed by atoms with Crippen LogP contribution in [0.5, 0.6) is 0 Å². The normalized spacial score (nSPS) is 11.3. The molecule has 0 aliphatic heterocycles. The minimum Gasteiger partial charge on any atom is -0.324 e. The summed E-state index contributed by atoms with van der Waals surface area (Å²) in [6.45, 7) is -0.511. The average Bonchev–Trinajstić information content (AvgIpc) is 2.82. The first kappa shape index (κ1) is 22.8. The highest BCUT2D eigenvalue weighted by Gasteiger charge is 2.27. The lowest BCUT2D eigenvalue weighted by Gasteiger charge is -2.24. The SMILES string of the molecule is CSc1ccc(S(=O)(=O)N(CC(=O)Nc2ccc3ccccc3c2)c2cccc(F)c2)cc1. The molecule has 4 aromatic rings. The molecule has 0 unspecified atom stereocenters. The maximum absolute atomic E-state index is 13.9. The lowest BCUT2D eigenvalue weighted by molar-refractivity contribution is -0.114. The van der Waals surface area contributed by atoms with Gasteiger partial charge in [0.05, 0.1) is 10.6 Å². The van der Waals surface area contributed by atoms with Gasteiger partial charge in [0.15, 0.2) is 0 Å². The molecule has 33 heavy (non-hydrogen) atoms. The predicted molar refractivity (Wildman–Crippen MR) is 132 cm³/mol. The number of thioether (sulfide) groups is 1. The molecule has 0 aliphatic rings. The Morgan fingerprint density at radius 2 is 1.64 bits per heavy atom. The molecule has 0 fully saturated rings. The van der Waals surface area contributed by atoms with Crippen LogP contribution in [0.15, 0.2) is 101 Å². The molecule has 0 bridgehead atoms. The first-order valence-corrected chi connectivity index (χ1v) is 12.7. The Bertz CT molecular complexity index is 1410. The number of rotatable bonds is 7. The van der Waals surface area contributed by atoms with Gasteiger partial charge in [-0.05, 0) is 71.6 Å². The Hall–Kier alpha value is -3.36. The van der Waals surface area contributed by atoms with Gasteiger partial charge in [-0.1, -0.05) is 36.4 Å². The largest absolute Gasteiger partial charge is 0.324 e. The zero-order chi connectivity index (χ0) is 23.4. The summed E-state index contributed by atoms with van der Waals surface area (Å²) in [5, 5.41) is 4.71. The van der Waals surface area contributed by atoms with E-state index in [0.717, 1.165) is 26.0 Å². The fraction of sp³-hybridized carbons (Fsp3) is 0.0800. The molecule has 1 N–H and O–H groups in total. The summed E-state index contributed by atoms with van der Waals surface area (Å²) >= 11 is 1.49. The number of hydrogen-bond donors (Lipinski definition) is 1. The van der Waals surface area contributed by atoms with E-state index >= 15 is 0 Å². The van der Waals surface area contributed by atoms with Gasteiger partial charge in [0.1, 0.15) is 12.4 Å². The van der Waals surface area contributed by atoms with E-state index in [1.807, 2.05) is 42.7 Å². The molecule has 0 aromatic heterocycles. The summed E-state index contributed by atoms with van der Waals surface area (Å²) in [7, 11) is -4.12. The van der Waals surface area contributed by atoms with E-state index in [9.17, 15) is 17.6 Å².